The summed E-state index contributed by atoms with van der Waals surface area (Å²) in [7, 11) is 0. The summed E-state index contributed by atoms with van der Waals surface area (Å²) in [5.41, 5.74) is 3.14. The number of hydrogen-bond donors (Lipinski definition) is 1. The molecule has 1 N–H and O–H groups in total. The van der Waals surface area contributed by atoms with Crippen LogP contribution >= 0.6 is 23.2 Å². The van der Waals surface area contributed by atoms with Gasteiger partial charge in [0.05, 0.1) is 5.38 Å². The summed E-state index contributed by atoms with van der Waals surface area (Å²) >= 11 is 12.4. The molecular formula is C17H15Cl2NO2. The molecule has 0 aromatic heterocycles. The fourth-order valence-electron chi connectivity index (χ4n) is 2.17. The average Bonchev–Trinajstić information content (AvgIpc) is 2.49. The highest BCUT2D eigenvalue weighted by molar-refractivity contribution is 6.30. The first kappa shape index (κ1) is 16.5. The molecule has 1 atom stereocenters. The third kappa shape index (κ3) is 4.09. The topological polar surface area (TPSA) is 46.2 Å². The molecule has 0 saturated carbocycles. The molecule has 0 aliphatic carbocycles. The van der Waals surface area contributed by atoms with Gasteiger partial charge in [-0.2, -0.15) is 0 Å². The number of aldehydes is 1. The van der Waals surface area contributed by atoms with Gasteiger partial charge in [-0.3, -0.25) is 4.79 Å². The van der Waals surface area contributed by atoms with Crippen molar-refractivity contribution in [1.29, 1.82) is 0 Å². The minimum atomic E-state index is -0.353. The molecule has 2 aromatic rings. The Balaban J connectivity index is 2.34. The number of alkyl halides is 1. The van der Waals surface area contributed by atoms with Crippen LogP contribution in [0.3, 0.4) is 0 Å². The molecule has 22 heavy (non-hydrogen) atoms. The van der Waals surface area contributed by atoms with Crippen molar-refractivity contribution in [2.24, 2.45) is 0 Å². The summed E-state index contributed by atoms with van der Waals surface area (Å²) in [6, 6.07) is 12.7. The lowest BCUT2D eigenvalue weighted by atomic mass is 10.00. The molecule has 1 amide bonds. The first-order chi connectivity index (χ1) is 10.5. The number of rotatable bonds is 5. The van der Waals surface area contributed by atoms with Gasteiger partial charge in [-0.25, -0.2) is 0 Å². The van der Waals surface area contributed by atoms with E-state index >= 15 is 0 Å². The maximum Gasteiger partial charge on any atom is 0.221 e. The van der Waals surface area contributed by atoms with Gasteiger partial charge in [-0.05, 0) is 34.9 Å². The van der Waals surface area contributed by atoms with Crippen molar-refractivity contribution >= 4 is 41.1 Å². The van der Waals surface area contributed by atoms with Crippen LogP contribution in [-0.2, 0) is 16.0 Å². The van der Waals surface area contributed by atoms with Crippen LogP contribution in [-0.4, -0.2) is 12.2 Å². The van der Waals surface area contributed by atoms with Crippen molar-refractivity contribution in [2.75, 3.05) is 5.32 Å². The number of anilines is 1. The standard InChI is InChI=1S/C17H15Cl2NO2/c1-11(22)20-16-7-4-14(10-13(16)8-9-21)17(19)12-2-5-15(18)6-3-12/h2-7,9-10,17H,8H2,1H3,(H,20,22). The number of benzene rings is 2. The smallest absolute Gasteiger partial charge is 0.221 e. The maximum atomic E-state index is 11.2. The van der Waals surface area contributed by atoms with Gasteiger partial charge in [-0.1, -0.05) is 35.9 Å². The fourth-order valence-corrected chi connectivity index (χ4v) is 2.57. The second kappa shape index (κ2) is 7.43. The van der Waals surface area contributed by atoms with E-state index in [0.717, 1.165) is 23.0 Å². The Morgan fingerprint density at radius 2 is 1.82 bits per heavy atom. The lowest BCUT2D eigenvalue weighted by Gasteiger charge is -2.14. The Morgan fingerprint density at radius 1 is 1.18 bits per heavy atom. The summed E-state index contributed by atoms with van der Waals surface area (Å²) in [6.45, 7) is 1.43. The van der Waals surface area contributed by atoms with Crippen LogP contribution in [0.1, 0.15) is 29.0 Å². The molecule has 0 aliphatic heterocycles. The molecule has 0 fully saturated rings. The van der Waals surface area contributed by atoms with Gasteiger partial charge in [-0.15, -0.1) is 11.6 Å². The molecule has 5 heteroatoms. The molecule has 2 rings (SSSR count). The molecular weight excluding hydrogens is 321 g/mol. The number of carbonyl (C=O) groups excluding carboxylic acids is 2. The molecule has 0 bridgehead atoms. The fraction of sp³-hybridized carbons (Fsp3) is 0.176. The first-order valence-corrected chi connectivity index (χ1v) is 7.56. The molecule has 0 radical (unpaired) electrons. The van der Waals surface area contributed by atoms with E-state index in [-0.39, 0.29) is 17.7 Å². The van der Waals surface area contributed by atoms with Crippen LogP contribution in [0.15, 0.2) is 42.5 Å². The summed E-state index contributed by atoms with van der Waals surface area (Å²) in [5, 5.41) is 3.01. The van der Waals surface area contributed by atoms with Gasteiger partial charge in [0.25, 0.3) is 0 Å². The summed E-state index contributed by atoms with van der Waals surface area (Å²) < 4.78 is 0. The monoisotopic (exact) mass is 335 g/mol. The van der Waals surface area contributed by atoms with Gasteiger partial charge in [0.1, 0.15) is 6.29 Å². The molecule has 0 heterocycles. The number of halogens is 2. The second-order valence-corrected chi connectivity index (χ2v) is 5.76. The third-order valence-electron chi connectivity index (χ3n) is 3.20. The highest BCUT2D eigenvalue weighted by Gasteiger charge is 2.13. The van der Waals surface area contributed by atoms with Crippen LogP contribution in [0.25, 0.3) is 0 Å². The third-order valence-corrected chi connectivity index (χ3v) is 3.95. The van der Waals surface area contributed by atoms with Crippen molar-refractivity contribution in [2.45, 2.75) is 18.7 Å². The average molecular weight is 336 g/mol. The molecule has 2 aromatic carbocycles. The summed E-state index contributed by atoms with van der Waals surface area (Å²) in [5.74, 6) is -0.181. The lowest BCUT2D eigenvalue weighted by molar-refractivity contribution is -0.114. The Labute approximate surface area is 139 Å². The minimum absolute atomic E-state index is 0.181. The predicted molar refractivity (Wildman–Crippen MR) is 89.7 cm³/mol. The lowest BCUT2D eigenvalue weighted by Crippen LogP contribution is -2.09. The Hall–Kier alpha value is -1.84. The molecule has 0 saturated heterocycles. The molecule has 0 spiro atoms. The van der Waals surface area contributed by atoms with Crippen LogP contribution in [0.5, 0.6) is 0 Å². The number of nitrogens with one attached hydrogen (secondary N) is 1. The maximum absolute atomic E-state index is 11.2. The van der Waals surface area contributed by atoms with E-state index in [1.165, 1.54) is 6.92 Å². The molecule has 114 valence electrons. The Bertz CT molecular complexity index is 684. The van der Waals surface area contributed by atoms with Gasteiger partial charge in [0.2, 0.25) is 5.91 Å². The minimum Gasteiger partial charge on any atom is -0.326 e. The van der Waals surface area contributed by atoms with E-state index in [9.17, 15) is 9.59 Å². The number of amides is 1. The van der Waals surface area contributed by atoms with Gasteiger partial charge < -0.3 is 10.1 Å². The normalized spacial score (nSPS) is 11.8. The summed E-state index contributed by atoms with van der Waals surface area (Å²) in [6.07, 6.45) is 1.02. The van der Waals surface area contributed by atoms with Crippen LogP contribution in [0.2, 0.25) is 5.02 Å². The SMILES string of the molecule is CC(=O)Nc1ccc(C(Cl)c2ccc(Cl)cc2)cc1CC=O. The molecule has 1 unspecified atom stereocenters. The largest absolute Gasteiger partial charge is 0.326 e. The van der Waals surface area contributed by atoms with Crippen LogP contribution in [0.4, 0.5) is 5.69 Å². The predicted octanol–water partition coefficient (Wildman–Crippen LogP) is 4.37. The van der Waals surface area contributed by atoms with E-state index < -0.39 is 0 Å². The van der Waals surface area contributed by atoms with Crippen molar-refractivity contribution < 1.29 is 9.59 Å². The van der Waals surface area contributed by atoms with Crippen molar-refractivity contribution in [3.8, 4) is 0 Å². The van der Waals surface area contributed by atoms with E-state index in [0.29, 0.717) is 10.7 Å². The zero-order chi connectivity index (χ0) is 16.1. The number of hydrogen-bond acceptors (Lipinski definition) is 2. The van der Waals surface area contributed by atoms with Gasteiger partial charge >= 0.3 is 0 Å². The second-order valence-electron chi connectivity index (χ2n) is 4.88. The van der Waals surface area contributed by atoms with Crippen LogP contribution < -0.4 is 5.32 Å². The van der Waals surface area contributed by atoms with Gasteiger partial charge in [0, 0.05) is 24.1 Å². The summed E-state index contributed by atoms with van der Waals surface area (Å²) in [4.78, 5) is 22.0. The quantitative estimate of drug-likeness (QED) is 0.651. The zero-order valence-corrected chi connectivity index (χ0v) is 13.5. The van der Waals surface area contributed by atoms with Crippen molar-refractivity contribution in [3.63, 3.8) is 0 Å². The highest BCUT2D eigenvalue weighted by Crippen LogP contribution is 2.32. The first-order valence-electron chi connectivity index (χ1n) is 6.75. The number of carbonyl (C=O) groups is 2. The van der Waals surface area contributed by atoms with E-state index in [4.69, 9.17) is 23.2 Å². The molecule has 0 aliphatic rings. The highest BCUT2D eigenvalue weighted by atomic mass is 35.5. The van der Waals surface area contributed by atoms with E-state index in [1.807, 2.05) is 24.3 Å². The van der Waals surface area contributed by atoms with Crippen LogP contribution in [0, 0.1) is 0 Å². The Morgan fingerprint density at radius 3 is 2.41 bits per heavy atom. The van der Waals surface area contributed by atoms with E-state index in [2.05, 4.69) is 5.32 Å². The Kier molecular flexibility index (Phi) is 5.58. The van der Waals surface area contributed by atoms with Gasteiger partial charge in [0.15, 0.2) is 0 Å². The zero-order valence-electron chi connectivity index (χ0n) is 12.0. The van der Waals surface area contributed by atoms with E-state index in [1.54, 1.807) is 18.2 Å². The van der Waals surface area contributed by atoms with Crippen molar-refractivity contribution in [3.05, 3.63) is 64.2 Å². The molecule has 3 nitrogen and oxygen atoms in total. The van der Waals surface area contributed by atoms with Crippen molar-refractivity contribution in [1.82, 2.24) is 0 Å².